The van der Waals surface area contributed by atoms with E-state index in [9.17, 15) is 13.2 Å². The Balaban J connectivity index is 0.000000396. The van der Waals surface area contributed by atoms with Gasteiger partial charge in [-0.05, 0) is 25.7 Å². The molecule has 1 saturated heterocycles. The van der Waals surface area contributed by atoms with E-state index < -0.39 is 15.6 Å². The van der Waals surface area contributed by atoms with Crippen LogP contribution in [0.1, 0.15) is 45.4 Å². The summed E-state index contributed by atoms with van der Waals surface area (Å²) >= 11 is 0. The number of halogens is 3. The molecule has 20 heavy (non-hydrogen) atoms. The zero-order valence-corrected chi connectivity index (χ0v) is 12.6. The standard InChI is InChI=1S/C11H21N.CHF3O3S/c1-3-4-5-6-8-11-9-7-10-12(11)2;2-1(3,4)8(5,6)7/h8H,3-7,9-10H2,1-2H3;(H,5,6,7). The molecular formula is C12H22F3NO3S. The van der Waals surface area contributed by atoms with Crippen LogP contribution >= 0.6 is 0 Å². The van der Waals surface area contributed by atoms with E-state index in [0.717, 1.165) is 0 Å². The fourth-order valence-corrected chi connectivity index (χ4v) is 1.75. The summed E-state index contributed by atoms with van der Waals surface area (Å²) in [5, 5.41) is 0. The van der Waals surface area contributed by atoms with Crippen molar-refractivity contribution in [1.29, 1.82) is 0 Å². The van der Waals surface area contributed by atoms with Gasteiger partial charge in [0.2, 0.25) is 0 Å². The Morgan fingerprint density at radius 2 is 1.90 bits per heavy atom. The van der Waals surface area contributed by atoms with Gasteiger partial charge in [0, 0.05) is 19.3 Å². The Morgan fingerprint density at radius 1 is 1.35 bits per heavy atom. The average molecular weight is 317 g/mol. The minimum atomic E-state index is -5.84. The first-order valence-corrected chi connectivity index (χ1v) is 7.97. The highest BCUT2D eigenvalue weighted by Crippen LogP contribution is 2.20. The number of alkyl halides is 3. The summed E-state index contributed by atoms with van der Waals surface area (Å²) in [5.74, 6) is 0. The number of likely N-dealkylation sites (tertiary alicyclic amines) is 1. The molecule has 0 aromatic heterocycles. The molecule has 120 valence electrons. The van der Waals surface area contributed by atoms with Crippen molar-refractivity contribution in [3.05, 3.63) is 11.8 Å². The molecule has 0 aromatic carbocycles. The van der Waals surface area contributed by atoms with Crippen LogP contribution in [0.4, 0.5) is 13.2 Å². The number of hydrogen-bond donors (Lipinski definition) is 1. The van der Waals surface area contributed by atoms with Crippen molar-refractivity contribution in [2.24, 2.45) is 0 Å². The van der Waals surface area contributed by atoms with Gasteiger partial charge in [0.1, 0.15) is 0 Å². The maximum atomic E-state index is 10.7. The van der Waals surface area contributed by atoms with E-state index in [4.69, 9.17) is 13.0 Å². The summed E-state index contributed by atoms with van der Waals surface area (Å²) in [4.78, 5) is 2.39. The van der Waals surface area contributed by atoms with Crippen molar-refractivity contribution in [3.8, 4) is 0 Å². The first-order chi connectivity index (χ1) is 9.09. The highest BCUT2D eigenvalue weighted by molar-refractivity contribution is 7.86. The van der Waals surface area contributed by atoms with Gasteiger partial charge in [-0.1, -0.05) is 25.8 Å². The molecule has 0 radical (unpaired) electrons. The van der Waals surface area contributed by atoms with Crippen LogP contribution in [0.25, 0.3) is 0 Å². The van der Waals surface area contributed by atoms with Crippen LogP contribution in [0.2, 0.25) is 0 Å². The number of hydrogen-bond acceptors (Lipinski definition) is 3. The molecule has 0 amide bonds. The van der Waals surface area contributed by atoms with Crippen LogP contribution in [0.5, 0.6) is 0 Å². The van der Waals surface area contributed by atoms with E-state index in [2.05, 4.69) is 24.9 Å². The van der Waals surface area contributed by atoms with Gasteiger partial charge in [-0.3, -0.25) is 4.55 Å². The highest BCUT2D eigenvalue weighted by Gasteiger charge is 2.44. The topological polar surface area (TPSA) is 57.6 Å². The number of nitrogens with zero attached hydrogens (tertiary/aromatic N) is 1. The number of unbranched alkanes of at least 4 members (excludes halogenated alkanes) is 3. The van der Waals surface area contributed by atoms with E-state index >= 15 is 0 Å². The van der Waals surface area contributed by atoms with E-state index in [1.807, 2.05) is 0 Å². The summed E-state index contributed by atoms with van der Waals surface area (Å²) < 4.78 is 57.5. The van der Waals surface area contributed by atoms with E-state index in [1.165, 1.54) is 45.1 Å². The molecule has 0 atom stereocenters. The third-order valence-corrected chi connectivity index (χ3v) is 3.48. The third-order valence-electron chi connectivity index (χ3n) is 2.90. The molecule has 0 aromatic rings. The zero-order valence-electron chi connectivity index (χ0n) is 11.8. The molecule has 1 rings (SSSR count). The Hall–Kier alpha value is -0.760. The lowest BCUT2D eigenvalue weighted by molar-refractivity contribution is -0.0510. The van der Waals surface area contributed by atoms with Crippen LogP contribution < -0.4 is 0 Å². The van der Waals surface area contributed by atoms with Crippen molar-refractivity contribution < 1.29 is 26.1 Å². The van der Waals surface area contributed by atoms with E-state index in [-0.39, 0.29) is 0 Å². The first-order valence-electron chi connectivity index (χ1n) is 6.53. The van der Waals surface area contributed by atoms with Crippen LogP contribution in [-0.2, 0) is 10.1 Å². The molecule has 1 aliphatic rings. The van der Waals surface area contributed by atoms with Crippen LogP contribution in [0, 0.1) is 0 Å². The van der Waals surface area contributed by atoms with Crippen LogP contribution in [-0.4, -0.2) is 37.0 Å². The molecule has 0 spiro atoms. The second-order valence-electron chi connectivity index (χ2n) is 4.64. The van der Waals surface area contributed by atoms with E-state index in [0.29, 0.717) is 0 Å². The van der Waals surface area contributed by atoms with Gasteiger partial charge in [-0.25, -0.2) is 0 Å². The maximum absolute atomic E-state index is 10.7. The van der Waals surface area contributed by atoms with Crippen LogP contribution in [0.3, 0.4) is 0 Å². The van der Waals surface area contributed by atoms with Crippen molar-refractivity contribution in [3.63, 3.8) is 0 Å². The highest BCUT2D eigenvalue weighted by atomic mass is 32.2. The van der Waals surface area contributed by atoms with Gasteiger partial charge in [-0.15, -0.1) is 0 Å². The predicted molar refractivity (Wildman–Crippen MR) is 71.7 cm³/mol. The molecular weight excluding hydrogens is 295 g/mol. The van der Waals surface area contributed by atoms with Crippen molar-refractivity contribution >= 4 is 10.1 Å². The number of rotatable bonds is 4. The molecule has 1 N–H and O–H groups in total. The normalized spacial score (nSPS) is 18.1. The largest absolute Gasteiger partial charge is 0.522 e. The first kappa shape index (κ1) is 19.2. The monoisotopic (exact) mass is 317 g/mol. The van der Waals surface area contributed by atoms with Gasteiger partial charge < -0.3 is 4.90 Å². The molecule has 1 heterocycles. The lowest BCUT2D eigenvalue weighted by atomic mass is 10.2. The van der Waals surface area contributed by atoms with Gasteiger partial charge in [-0.2, -0.15) is 21.6 Å². The Morgan fingerprint density at radius 3 is 2.25 bits per heavy atom. The second kappa shape index (κ2) is 8.51. The third kappa shape index (κ3) is 7.74. The van der Waals surface area contributed by atoms with E-state index in [1.54, 1.807) is 5.70 Å². The molecule has 8 heteroatoms. The average Bonchev–Trinajstić information content (AvgIpc) is 2.69. The summed E-state index contributed by atoms with van der Waals surface area (Å²) in [5.41, 5.74) is -3.96. The summed E-state index contributed by atoms with van der Waals surface area (Å²) in [6.07, 6.45) is 10.5. The predicted octanol–water partition coefficient (Wildman–Crippen LogP) is 3.57. The lowest BCUT2D eigenvalue weighted by Gasteiger charge is -2.11. The Kier molecular flexibility index (Phi) is 8.19. The second-order valence-corrected chi connectivity index (χ2v) is 6.05. The molecule has 4 nitrogen and oxygen atoms in total. The molecule has 0 aliphatic carbocycles. The lowest BCUT2D eigenvalue weighted by Crippen LogP contribution is -2.21. The summed E-state index contributed by atoms with van der Waals surface area (Å²) in [7, 11) is -3.63. The summed E-state index contributed by atoms with van der Waals surface area (Å²) in [6, 6.07) is 0. The molecule has 1 aliphatic heterocycles. The minimum Gasteiger partial charge on any atom is -0.378 e. The van der Waals surface area contributed by atoms with Crippen molar-refractivity contribution in [2.45, 2.75) is 51.0 Å². The fraction of sp³-hybridized carbons (Fsp3) is 0.833. The molecule has 0 unspecified atom stereocenters. The summed E-state index contributed by atoms with van der Waals surface area (Å²) in [6.45, 7) is 3.52. The SMILES string of the molecule is CCCCCC=C1CCCN1C.O=S(=O)(O)C(F)(F)F. The quantitative estimate of drug-likeness (QED) is 0.489. The fourth-order valence-electron chi connectivity index (χ4n) is 1.75. The molecule has 0 bridgehead atoms. The van der Waals surface area contributed by atoms with Crippen molar-refractivity contribution in [2.75, 3.05) is 13.6 Å². The smallest absolute Gasteiger partial charge is 0.378 e. The van der Waals surface area contributed by atoms with Crippen molar-refractivity contribution in [1.82, 2.24) is 4.90 Å². The van der Waals surface area contributed by atoms with Crippen LogP contribution in [0.15, 0.2) is 11.8 Å². The molecule has 0 saturated carbocycles. The Labute approximate surface area is 118 Å². The van der Waals surface area contributed by atoms with Gasteiger partial charge in [0.15, 0.2) is 0 Å². The van der Waals surface area contributed by atoms with Gasteiger partial charge in [0.25, 0.3) is 0 Å². The minimum absolute atomic E-state index is 1.26. The molecule has 1 fully saturated rings. The maximum Gasteiger partial charge on any atom is 0.522 e. The zero-order chi connectivity index (χ0) is 15.8. The Bertz CT molecular complexity index is 405. The van der Waals surface area contributed by atoms with Gasteiger partial charge in [0.05, 0.1) is 0 Å². The number of allylic oxidation sites excluding steroid dienone is 2. The van der Waals surface area contributed by atoms with Gasteiger partial charge >= 0.3 is 15.6 Å².